The molecule has 182 valence electrons. The molecule has 0 aliphatic rings. The molecule has 9 heteroatoms. The van der Waals surface area contributed by atoms with E-state index in [0.717, 1.165) is 48.1 Å². The summed E-state index contributed by atoms with van der Waals surface area (Å²) >= 11 is 5.11. The molecule has 0 amide bonds. The second-order valence-corrected chi connectivity index (χ2v) is 10.5. The zero-order chi connectivity index (χ0) is 25.4. The number of hydrogen-bond acceptors (Lipinski definition) is 5. The van der Waals surface area contributed by atoms with Crippen molar-refractivity contribution in [3.8, 4) is 38.1 Å². The number of nitrogens with zero attached hydrogens (tertiary/aromatic N) is 6. The van der Waals surface area contributed by atoms with E-state index in [2.05, 4.69) is 38.4 Å². The molecule has 0 saturated carbocycles. The first-order valence-electron chi connectivity index (χ1n) is 11.6. The second kappa shape index (κ2) is 9.84. The Balaban J connectivity index is 1.42. The van der Waals surface area contributed by atoms with Gasteiger partial charge in [-0.3, -0.25) is 0 Å². The van der Waals surface area contributed by atoms with Crippen LogP contribution in [0.5, 0.6) is 0 Å². The average Bonchev–Trinajstić information content (AvgIpc) is 3.65. The highest BCUT2D eigenvalue weighted by atomic mass is 79.9. The Morgan fingerprint density at radius 1 is 0.919 bits per heavy atom. The summed E-state index contributed by atoms with van der Waals surface area (Å²) in [5.41, 5.74) is 6.22. The third kappa shape index (κ3) is 4.87. The molecule has 6 rings (SSSR count). The van der Waals surface area contributed by atoms with Crippen molar-refractivity contribution in [2.24, 2.45) is 0 Å². The van der Waals surface area contributed by atoms with Crippen LogP contribution in [0.4, 0.5) is 4.39 Å². The van der Waals surface area contributed by atoms with Gasteiger partial charge in [-0.25, -0.2) is 18.7 Å². The van der Waals surface area contributed by atoms with E-state index in [-0.39, 0.29) is 5.82 Å². The van der Waals surface area contributed by atoms with Gasteiger partial charge in [0.05, 0.1) is 34.6 Å². The lowest BCUT2D eigenvalue weighted by atomic mass is 10.1. The summed E-state index contributed by atoms with van der Waals surface area (Å²) in [6.07, 6.45) is 3.88. The maximum atomic E-state index is 13.3. The maximum absolute atomic E-state index is 13.3. The van der Waals surface area contributed by atoms with E-state index in [9.17, 15) is 4.39 Å². The lowest BCUT2D eigenvalue weighted by molar-refractivity contribution is 0.621. The molecule has 3 aromatic carbocycles. The predicted molar refractivity (Wildman–Crippen MR) is 147 cm³/mol. The normalized spacial score (nSPS) is 11.2. The Morgan fingerprint density at radius 2 is 1.68 bits per heavy atom. The molecule has 0 bridgehead atoms. The third-order valence-electron chi connectivity index (χ3n) is 5.91. The highest BCUT2D eigenvalue weighted by molar-refractivity contribution is 9.10. The number of halogens is 2. The van der Waals surface area contributed by atoms with Crippen molar-refractivity contribution in [3.63, 3.8) is 0 Å². The Bertz CT molecular complexity index is 1670. The number of aromatic nitrogens is 6. The van der Waals surface area contributed by atoms with Gasteiger partial charge in [0.25, 0.3) is 0 Å². The fourth-order valence-corrected chi connectivity index (χ4v) is 5.39. The number of hydrogen-bond donors (Lipinski definition) is 0. The van der Waals surface area contributed by atoms with Gasteiger partial charge in [0.15, 0.2) is 0 Å². The van der Waals surface area contributed by atoms with Crippen molar-refractivity contribution >= 4 is 27.3 Å². The minimum atomic E-state index is -0.261. The van der Waals surface area contributed by atoms with Gasteiger partial charge < -0.3 is 0 Å². The van der Waals surface area contributed by atoms with E-state index < -0.39 is 0 Å². The smallest absolute Gasteiger partial charge is 0.124 e. The van der Waals surface area contributed by atoms with Crippen LogP contribution in [-0.4, -0.2) is 29.8 Å². The highest BCUT2D eigenvalue weighted by Gasteiger charge is 2.22. The highest BCUT2D eigenvalue weighted by Crippen LogP contribution is 2.39. The first-order valence-corrected chi connectivity index (χ1v) is 13.2. The van der Waals surface area contributed by atoms with Crippen molar-refractivity contribution in [2.75, 3.05) is 0 Å². The van der Waals surface area contributed by atoms with Gasteiger partial charge in [-0.1, -0.05) is 63.6 Å². The van der Waals surface area contributed by atoms with E-state index in [0.29, 0.717) is 12.2 Å². The monoisotopic (exact) mass is 570 g/mol. The van der Waals surface area contributed by atoms with E-state index in [1.807, 2.05) is 66.5 Å². The van der Waals surface area contributed by atoms with Crippen LogP contribution in [0.3, 0.4) is 0 Å². The third-order valence-corrected chi connectivity index (χ3v) is 7.65. The first-order chi connectivity index (χ1) is 18.0. The van der Waals surface area contributed by atoms with Crippen LogP contribution in [0.25, 0.3) is 38.1 Å². The Hall–Kier alpha value is -3.95. The van der Waals surface area contributed by atoms with Gasteiger partial charge in [0.2, 0.25) is 0 Å². The Morgan fingerprint density at radius 3 is 2.43 bits per heavy atom. The molecule has 0 N–H and O–H groups in total. The molecular weight excluding hydrogens is 551 g/mol. The van der Waals surface area contributed by atoms with Crippen LogP contribution in [0.1, 0.15) is 11.3 Å². The van der Waals surface area contributed by atoms with Crippen LogP contribution < -0.4 is 0 Å². The molecule has 0 aliphatic heterocycles. The molecule has 6 nitrogen and oxygen atoms in total. The van der Waals surface area contributed by atoms with Gasteiger partial charge in [0, 0.05) is 16.2 Å². The molecule has 0 atom stereocenters. The molecule has 0 aliphatic carbocycles. The fraction of sp³-hybridized carbons (Fsp3) is 0.0714. The van der Waals surface area contributed by atoms with E-state index >= 15 is 0 Å². The van der Waals surface area contributed by atoms with Crippen molar-refractivity contribution in [1.29, 1.82) is 0 Å². The minimum Gasteiger partial charge on any atom is -0.247 e. The molecule has 0 fully saturated rings. The summed E-state index contributed by atoms with van der Waals surface area (Å²) in [6.45, 7) is 2.49. The zero-order valence-electron chi connectivity index (χ0n) is 19.7. The number of rotatable bonds is 6. The SMILES string of the molecule is Cc1nc(-c2ccc(Br)cc2)sc1-c1nn(-c2ccccc2)cc1-c1cn(Cc2ccc(F)cc2)nn1. The van der Waals surface area contributed by atoms with Crippen molar-refractivity contribution < 1.29 is 4.39 Å². The number of thiazole rings is 1. The average molecular weight is 571 g/mol. The van der Waals surface area contributed by atoms with Crippen LogP contribution >= 0.6 is 27.3 Å². The molecule has 37 heavy (non-hydrogen) atoms. The van der Waals surface area contributed by atoms with Crippen LogP contribution in [0.15, 0.2) is 95.7 Å². The molecule has 0 radical (unpaired) electrons. The fourth-order valence-electron chi connectivity index (χ4n) is 4.05. The Labute approximate surface area is 225 Å². The topological polar surface area (TPSA) is 61.4 Å². The van der Waals surface area contributed by atoms with Crippen molar-refractivity contribution in [1.82, 2.24) is 29.8 Å². The first kappa shape index (κ1) is 23.4. The summed E-state index contributed by atoms with van der Waals surface area (Å²) in [4.78, 5) is 5.84. The summed E-state index contributed by atoms with van der Waals surface area (Å²) in [6, 6.07) is 24.5. The van der Waals surface area contributed by atoms with Gasteiger partial charge >= 0.3 is 0 Å². The van der Waals surface area contributed by atoms with Crippen molar-refractivity contribution in [3.05, 3.63) is 113 Å². The predicted octanol–water partition coefficient (Wildman–Crippen LogP) is 7.18. The molecular formula is C28H20BrFN6S. The van der Waals surface area contributed by atoms with Gasteiger partial charge in [-0.15, -0.1) is 16.4 Å². The summed E-state index contributed by atoms with van der Waals surface area (Å²) in [5.74, 6) is -0.261. The minimum absolute atomic E-state index is 0.261. The molecule has 0 saturated heterocycles. The van der Waals surface area contributed by atoms with Crippen molar-refractivity contribution in [2.45, 2.75) is 13.5 Å². The maximum Gasteiger partial charge on any atom is 0.124 e. The van der Waals surface area contributed by atoms with E-state index in [1.54, 1.807) is 28.2 Å². The van der Waals surface area contributed by atoms with Gasteiger partial charge in [-0.2, -0.15) is 5.10 Å². The van der Waals surface area contributed by atoms with Crippen LogP contribution in [0, 0.1) is 12.7 Å². The largest absolute Gasteiger partial charge is 0.247 e. The molecule has 0 unspecified atom stereocenters. The molecule has 3 heterocycles. The molecule has 0 spiro atoms. The number of benzene rings is 3. The lowest BCUT2D eigenvalue weighted by Gasteiger charge is -2.00. The zero-order valence-corrected chi connectivity index (χ0v) is 22.1. The van der Waals surface area contributed by atoms with Crippen LogP contribution in [0.2, 0.25) is 0 Å². The summed E-state index contributed by atoms with van der Waals surface area (Å²) < 4.78 is 17.9. The number of para-hydroxylation sites is 1. The number of aryl methyl sites for hydroxylation is 1. The van der Waals surface area contributed by atoms with E-state index in [1.165, 1.54) is 12.1 Å². The summed E-state index contributed by atoms with van der Waals surface area (Å²) in [7, 11) is 0. The Kier molecular flexibility index (Phi) is 6.23. The molecule has 3 aromatic heterocycles. The van der Waals surface area contributed by atoms with Crippen LogP contribution in [-0.2, 0) is 6.54 Å². The van der Waals surface area contributed by atoms with Gasteiger partial charge in [-0.05, 0) is 48.9 Å². The second-order valence-electron chi connectivity index (χ2n) is 8.54. The molecule has 6 aromatic rings. The summed E-state index contributed by atoms with van der Waals surface area (Å²) in [5, 5.41) is 14.7. The van der Waals surface area contributed by atoms with E-state index in [4.69, 9.17) is 10.1 Å². The quantitative estimate of drug-likeness (QED) is 0.213. The van der Waals surface area contributed by atoms with Gasteiger partial charge in [0.1, 0.15) is 22.2 Å². The standard InChI is InChI=1S/C28H20BrFN6S/c1-18-27(37-28(31-18)20-9-11-21(29)12-10-20)26-24(16-36(33-26)23-5-3-2-4-6-23)25-17-35(34-32-25)15-19-7-13-22(30)14-8-19/h2-14,16-17H,15H2,1H3. The lowest BCUT2D eigenvalue weighted by Crippen LogP contribution is -2.00.